The third-order valence-corrected chi connectivity index (χ3v) is 4.69. The molecule has 0 bridgehead atoms. The summed E-state index contributed by atoms with van der Waals surface area (Å²) in [6.45, 7) is 4.06. The lowest BCUT2D eigenvalue weighted by Gasteiger charge is -2.15. The average Bonchev–Trinajstić information content (AvgIpc) is 3.31. The largest absolute Gasteiger partial charge is 0.493 e. The molecular weight excluding hydrogens is 430 g/mol. The molecular formula is C22H25N5O6. The van der Waals surface area contributed by atoms with Crippen LogP contribution in [0.3, 0.4) is 0 Å². The summed E-state index contributed by atoms with van der Waals surface area (Å²) in [4.78, 5) is 25.2. The average molecular weight is 455 g/mol. The van der Waals surface area contributed by atoms with Gasteiger partial charge in [-0.3, -0.25) is 4.79 Å². The van der Waals surface area contributed by atoms with Gasteiger partial charge in [-0.2, -0.15) is 0 Å². The zero-order valence-electron chi connectivity index (χ0n) is 19.0. The monoisotopic (exact) mass is 455 g/mol. The van der Waals surface area contributed by atoms with Gasteiger partial charge in [-0.1, -0.05) is 6.07 Å². The molecule has 2 aromatic carbocycles. The number of benzene rings is 2. The van der Waals surface area contributed by atoms with Gasteiger partial charge in [-0.05, 0) is 42.5 Å². The Labute approximate surface area is 190 Å². The first kappa shape index (κ1) is 23.5. The summed E-state index contributed by atoms with van der Waals surface area (Å²) >= 11 is 0. The molecule has 0 aliphatic heterocycles. The Morgan fingerprint density at radius 3 is 2.45 bits per heavy atom. The highest BCUT2D eigenvalue weighted by molar-refractivity contribution is 6.08. The molecule has 1 aromatic heterocycles. The summed E-state index contributed by atoms with van der Waals surface area (Å²) in [6.07, 6.45) is 0. The van der Waals surface area contributed by atoms with Gasteiger partial charge in [0.15, 0.2) is 17.3 Å². The van der Waals surface area contributed by atoms with Crippen molar-refractivity contribution in [1.82, 2.24) is 20.2 Å². The summed E-state index contributed by atoms with van der Waals surface area (Å²) in [5.41, 5.74) is 0.657. The maximum Gasteiger partial charge on any atom is 0.340 e. The molecule has 0 fully saturated rings. The van der Waals surface area contributed by atoms with Crippen LogP contribution in [-0.4, -0.2) is 53.4 Å². The smallest absolute Gasteiger partial charge is 0.340 e. The maximum absolute atomic E-state index is 12.9. The molecule has 0 saturated carbocycles. The van der Waals surface area contributed by atoms with E-state index in [0.29, 0.717) is 28.6 Å². The number of methoxy groups -OCH3 is 3. The van der Waals surface area contributed by atoms with E-state index in [4.69, 9.17) is 18.9 Å². The number of esters is 1. The second-order valence-corrected chi connectivity index (χ2v) is 7.15. The highest BCUT2D eigenvalue weighted by Gasteiger charge is 2.20. The summed E-state index contributed by atoms with van der Waals surface area (Å²) in [5, 5.41) is 14.3. The lowest BCUT2D eigenvalue weighted by atomic mass is 10.1. The predicted octanol–water partition coefficient (Wildman–Crippen LogP) is 2.89. The maximum atomic E-state index is 12.9. The van der Waals surface area contributed by atoms with Gasteiger partial charge in [0.25, 0.3) is 5.91 Å². The van der Waals surface area contributed by atoms with E-state index < -0.39 is 11.9 Å². The van der Waals surface area contributed by atoms with Crippen molar-refractivity contribution in [3.05, 3.63) is 53.3 Å². The number of amides is 1. The van der Waals surface area contributed by atoms with Crippen molar-refractivity contribution < 1.29 is 28.5 Å². The number of carbonyl (C=O) groups is 2. The van der Waals surface area contributed by atoms with E-state index in [9.17, 15) is 9.59 Å². The van der Waals surface area contributed by atoms with Gasteiger partial charge in [0, 0.05) is 17.7 Å². The first-order chi connectivity index (χ1) is 15.9. The molecule has 1 amide bonds. The molecule has 1 N–H and O–H groups in total. The van der Waals surface area contributed by atoms with E-state index in [2.05, 4.69) is 20.8 Å². The number of nitrogens with zero attached hydrogens (tertiary/aromatic N) is 4. The van der Waals surface area contributed by atoms with Crippen LogP contribution in [0.5, 0.6) is 17.2 Å². The van der Waals surface area contributed by atoms with Crippen LogP contribution in [-0.2, 0) is 11.3 Å². The molecule has 0 aliphatic carbocycles. The van der Waals surface area contributed by atoms with E-state index >= 15 is 0 Å². The lowest BCUT2D eigenvalue weighted by molar-refractivity contribution is 0.0601. The van der Waals surface area contributed by atoms with E-state index in [-0.39, 0.29) is 23.9 Å². The fourth-order valence-corrected chi connectivity index (χ4v) is 3.04. The number of rotatable bonds is 9. The first-order valence-corrected chi connectivity index (χ1v) is 10.0. The Morgan fingerprint density at radius 2 is 1.79 bits per heavy atom. The van der Waals surface area contributed by atoms with Gasteiger partial charge >= 0.3 is 5.97 Å². The first-order valence-electron chi connectivity index (χ1n) is 10.0. The molecule has 11 nitrogen and oxygen atoms in total. The van der Waals surface area contributed by atoms with Crippen molar-refractivity contribution in [3.63, 3.8) is 0 Å². The summed E-state index contributed by atoms with van der Waals surface area (Å²) in [5.74, 6) is 0.612. The minimum atomic E-state index is -0.633. The molecule has 0 saturated heterocycles. The number of nitrogens with one attached hydrogen (secondary N) is 1. The number of carbonyl (C=O) groups excluding carboxylic acids is 2. The molecule has 11 heteroatoms. The highest BCUT2D eigenvalue weighted by atomic mass is 16.5. The number of hydrogen-bond acceptors (Lipinski definition) is 9. The molecule has 0 spiro atoms. The standard InChI is InChI=1S/C22H25N5O6/c1-13(2)27-20(24-25-26-27)12-33-15-8-6-7-14(9-15)21(28)23-17-11-19(31-4)18(30-3)10-16(17)22(29)32-5/h6-11,13H,12H2,1-5H3,(H,23,28). The molecule has 33 heavy (non-hydrogen) atoms. The Balaban J connectivity index is 1.81. The zero-order valence-corrected chi connectivity index (χ0v) is 19.0. The van der Waals surface area contributed by atoms with E-state index in [1.165, 1.54) is 33.5 Å². The Kier molecular flexibility index (Phi) is 7.44. The Morgan fingerprint density at radius 1 is 1.06 bits per heavy atom. The minimum absolute atomic E-state index is 0.0845. The van der Waals surface area contributed by atoms with Gasteiger partial charge in [0.2, 0.25) is 0 Å². The molecule has 3 aromatic rings. The van der Waals surface area contributed by atoms with Crippen molar-refractivity contribution >= 4 is 17.6 Å². The van der Waals surface area contributed by atoms with Gasteiger partial charge in [0.1, 0.15) is 12.4 Å². The summed E-state index contributed by atoms with van der Waals surface area (Å²) < 4.78 is 22.8. The third-order valence-electron chi connectivity index (χ3n) is 4.69. The normalized spacial score (nSPS) is 10.6. The number of tetrazole rings is 1. The van der Waals surface area contributed by atoms with Crippen molar-refractivity contribution in [2.75, 3.05) is 26.6 Å². The van der Waals surface area contributed by atoms with Crippen molar-refractivity contribution in [2.24, 2.45) is 0 Å². The van der Waals surface area contributed by atoms with Gasteiger partial charge in [0.05, 0.1) is 38.6 Å². The molecule has 0 aliphatic rings. The van der Waals surface area contributed by atoms with Crippen LogP contribution in [0.2, 0.25) is 0 Å². The second-order valence-electron chi connectivity index (χ2n) is 7.15. The minimum Gasteiger partial charge on any atom is -0.493 e. The van der Waals surface area contributed by atoms with Crippen molar-refractivity contribution in [3.8, 4) is 17.2 Å². The van der Waals surface area contributed by atoms with Gasteiger partial charge < -0.3 is 24.3 Å². The van der Waals surface area contributed by atoms with Crippen molar-refractivity contribution in [2.45, 2.75) is 26.5 Å². The number of aromatic nitrogens is 4. The number of hydrogen-bond donors (Lipinski definition) is 1. The zero-order chi connectivity index (χ0) is 24.0. The number of anilines is 1. The van der Waals surface area contributed by atoms with Crippen LogP contribution in [0.25, 0.3) is 0 Å². The topological polar surface area (TPSA) is 127 Å². The molecule has 174 valence electrons. The molecule has 0 unspecified atom stereocenters. The Bertz CT molecular complexity index is 1140. The SMILES string of the molecule is COC(=O)c1cc(OC)c(OC)cc1NC(=O)c1cccc(OCc2nnnn2C(C)C)c1. The van der Waals surface area contributed by atoms with E-state index in [1.807, 2.05) is 13.8 Å². The Hall–Kier alpha value is -4.15. The molecule has 0 atom stereocenters. The number of ether oxygens (including phenoxy) is 4. The highest BCUT2D eigenvalue weighted by Crippen LogP contribution is 2.34. The third kappa shape index (κ3) is 5.37. The van der Waals surface area contributed by atoms with Crippen LogP contribution in [0.1, 0.15) is 46.4 Å². The molecule has 0 radical (unpaired) electrons. The van der Waals surface area contributed by atoms with Crippen LogP contribution in [0.15, 0.2) is 36.4 Å². The fraction of sp³-hybridized carbons (Fsp3) is 0.318. The molecule has 3 rings (SSSR count). The summed E-state index contributed by atoms with van der Waals surface area (Å²) in [6, 6.07) is 9.63. The predicted molar refractivity (Wildman–Crippen MR) is 118 cm³/mol. The van der Waals surface area contributed by atoms with E-state index in [1.54, 1.807) is 28.9 Å². The fourth-order valence-electron chi connectivity index (χ4n) is 3.04. The second kappa shape index (κ2) is 10.4. The lowest BCUT2D eigenvalue weighted by Crippen LogP contribution is -2.16. The van der Waals surface area contributed by atoms with Gasteiger partial charge in [-0.15, -0.1) is 5.10 Å². The van der Waals surface area contributed by atoms with Crippen LogP contribution in [0, 0.1) is 0 Å². The van der Waals surface area contributed by atoms with Crippen molar-refractivity contribution in [1.29, 1.82) is 0 Å². The van der Waals surface area contributed by atoms with Gasteiger partial charge in [-0.25, -0.2) is 9.48 Å². The quantitative estimate of drug-likeness (QED) is 0.485. The van der Waals surface area contributed by atoms with Crippen LogP contribution in [0.4, 0.5) is 5.69 Å². The van der Waals surface area contributed by atoms with E-state index in [0.717, 1.165) is 0 Å². The summed E-state index contributed by atoms with van der Waals surface area (Å²) in [7, 11) is 4.15. The van der Waals surface area contributed by atoms with Crippen LogP contribution < -0.4 is 19.5 Å². The molecule has 1 heterocycles. The van der Waals surface area contributed by atoms with Crippen LogP contribution >= 0.6 is 0 Å².